The second-order valence-electron chi connectivity index (χ2n) is 11.7. The zero-order valence-corrected chi connectivity index (χ0v) is 22.6. The first-order valence-corrected chi connectivity index (χ1v) is 14.9. The number of fused-ring (bicyclic) bond motifs is 4. The Morgan fingerprint density at radius 3 is 2.70 bits per heavy atom. The average Bonchev–Trinajstić information content (AvgIpc) is 3.16. The van der Waals surface area contributed by atoms with E-state index in [0.717, 1.165) is 37.1 Å². The van der Waals surface area contributed by atoms with Crippen LogP contribution in [-0.2, 0) is 27.1 Å². The molecule has 9 heteroatoms. The number of benzene rings is 1. The van der Waals surface area contributed by atoms with E-state index in [1.165, 1.54) is 23.7 Å². The van der Waals surface area contributed by atoms with Crippen molar-refractivity contribution in [1.82, 2.24) is 10.6 Å². The Bertz CT molecular complexity index is 934. The number of aliphatic hydroxyl groups is 3. The van der Waals surface area contributed by atoms with Crippen molar-refractivity contribution in [3.8, 4) is 0 Å². The van der Waals surface area contributed by atoms with Crippen molar-refractivity contribution < 1.29 is 29.6 Å². The summed E-state index contributed by atoms with van der Waals surface area (Å²) in [5.41, 5.74) is 1.59. The smallest absolute Gasteiger partial charge is 0.240 e. The Hall–Kier alpha value is -1.20. The summed E-state index contributed by atoms with van der Waals surface area (Å²) >= 11 is 1.43. The first-order chi connectivity index (χ1) is 17.8. The first kappa shape index (κ1) is 27.4. The Morgan fingerprint density at radius 1 is 1.14 bits per heavy atom. The van der Waals surface area contributed by atoms with Crippen LogP contribution in [0.2, 0.25) is 0 Å². The van der Waals surface area contributed by atoms with E-state index in [2.05, 4.69) is 30.5 Å². The minimum atomic E-state index is -1.35. The maximum Gasteiger partial charge on any atom is 0.240 e. The fourth-order valence-electron chi connectivity index (χ4n) is 6.66. The largest absolute Gasteiger partial charge is 0.388 e. The standard InChI is InChI=1S/C28H42N2O6S/c1-15(2)11-16-7-9-35-25-19(12-16)14-29-21(25)27(34)30-20-13-18-6-4-3-5-17(18)8-10-37-28-24(33)22(31)23(32)26(20)36-28/h3-6,15-16,19-26,28-29,31-33H,7-14H2,1-2H3,(H,30,34)/t16-,19-,20+,21-,22?,23?,24?,25+,26?,28?/m0/s1. The van der Waals surface area contributed by atoms with Gasteiger partial charge in [0.05, 0.1) is 12.1 Å². The van der Waals surface area contributed by atoms with E-state index >= 15 is 0 Å². The Morgan fingerprint density at radius 2 is 1.92 bits per heavy atom. The summed E-state index contributed by atoms with van der Waals surface area (Å²) in [7, 11) is 0. The summed E-state index contributed by atoms with van der Waals surface area (Å²) in [6, 6.07) is 7.07. The Labute approximate surface area is 223 Å². The summed E-state index contributed by atoms with van der Waals surface area (Å²) < 4.78 is 12.4. The van der Waals surface area contributed by atoms with Crippen molar-refractivity contribution in [2.45, 2.75) is 94.0 Å². The van der Waals surface area contributed by atoms with Gasteiger partial charge in [0.2, 0.25) is 5.91 Å². The van der Waals surface area contributed by atoms with Gasteiger partial charge in [-0.05, 0) is 66.7 Å². The highest BCUT2D eigenvalue weighted by atomic mass is 32.2. The molecule has 0 spiro atoms. The number of ether oxygens (including phenoxy) is 2. The molecule has 5 N–H and O–H groups in total. The molecular weight excluding hydrogens is 492 g/mol. The predicted octanol–water partition coefficient (Wildman–Crippen LogP) is 1.24. The van der Waals surface area contributed by atoms with Crippen molar-refractivity contribution in [3.63, 3.8) is 0 Å². The van der Waals surface area contributed by atoms with Crippen LogP contribution < -0.4 is 10.6 Å². The van der Waals surface area contributed by atoms with E-state index in [0.29, 0.717) is 30.8 Å². The quantitative estimate of drug-likeness (QED) is 0.392. The number of hydrogen-bond acceptors (Lipinski definition) is 8. The molecule has 206 valence electrons. The number of aliphatic hydroxyl groups excluding tert-OH is 3. The molecule has 4 aliphatic rings. The molecule has 37 heavy (non-hydrogen) atoms. The minimum absolute atomic E-state index is 0.171. The topological polar surface area (TPSA) is 120 Å². The molecular formula is C28H42N2O6S. The van der Waals surface area contributed by atoms with Crippen LogP contribution in [0.5, 0.6) is 0 Å². The molecule has 1 amide bonds. The first-order valence-electron chi connectivity index (χ1n) is 13.8. The lowest BCUT2D eigenvalue weighted by atomic mass is 9.85. The summed E-state index contributed by atoms with van der Waals surface area (Å²) in [6.45, 7) is 5.92. The van der Waals surface area contributed by atoms with Crippen LogP contribution in [0.25, 0.3) is 0 Å². The molecule has 0 radical (unpaired) electrons. The van der Waals surface area contributed by atoms with Crippen molar-refractivity contribution in [1.29, 1.82) is 0 Å². The lowest BCUT2D eigenvalue weighted by Crippen LogP contribution is -2.64. The van der Waals surface area contributed by atoms with Gasteiger partial charge in [-0.1, -0.05) is 38.1 Å². The number of hydrogen-bond donors (Lipinski definition) is 5. The molecule has 2 bridgehead atoms. The number of carbonyl (C=O) groups excluding carboxylic acids is 1. The van der Waals surface area contributed by atoms with Crippen LogP contribution in [-0.4, -0.2) is 88.2 Å². The molecule has 3 saturated heterocycles. The van der Waals surface area contributed by atoms with Gasteiger partial charge in [0.25, 0.3) is 0 Å². The van der Waals surface area contributed by atoms with Gasteiger partial charge < -0.3 is 35.4 Å². The van der Waals surface area contributed by atoms with Gasteiger partial charge in [-0.2, -0.15) is 0 Å². The van der Waals surface area contributed by atoms with Crippen LogP contribution >= 0.6 is 11.8 Å². The van der Waals surface area contributed by atoms with E-state index < -0.39 is 41.9 Å². The molecule has 0 aromatic heterocycles. The van der Waals surface area contributed by atoms with E-state index in [4.69, 9.17) is 9.47 Å². The van der Waals surface area contributed by atoms with Crippen LogP contribution in [0.4, 0.5) is 0 Å². The van der Waals surface area contributed by atoms with Crippen LogP contribution in [0.1, 0.15) is 44.2 Å². The number of amides is 1. The fraction of sp³-hybridized carbons (Fsp3) is 0.750. The fourth-order valence-corrected chi connectivity index (χ4v) is 7.80. The molecule has 5 rings (SSSR count). The number of thioether (sulfide) groups is 1. The third-order valence-electron chi connectivity index (χ3n) is 8.50. The normalized spacial score (nSPS) is 40.4. The van der Waals surface area contributed by atoms with E-state index in [1.807, 2.05) is 18.2 Å². The number of nitrogens with one attached hydrogen (secondary N) is 2. The third-order valence-corrected chi connectivity index (χ3v) is 9.65. The van der Waals surface area contributed by atoms with E-state index in [1.54, 1.807) is 0 Å². The van der Waals surface area contributed by atoms with Crippen molar-refractivity contribution in [3.05, 3.63) is 35.4 Å². The van der Waals surface area contributed by atoms with Gasteiger partial charge in [0, 0.05) is 13.2 Å². The molecule has 0 saturated carbocycles. The Kier molecular flexibility index (Phi) is 8.80. The van der Waals surface area contributed by atoms with Crippen molar-refractivity contribution >= 4 is 17.7 Å². The maximum atomic E-state index is 13.7. The van der Waals surface area contributed by atoms with Crippen LogP contribution in [0, 0.1) is 17.8 Å². The maximum absolute atomic E-state index is 13.7. The van der Waals surface area contributed by atoms with Gasteiger partial charge in [-0.3, -0.25) is 4.79 Å². The SMILES string of the molecule is CC(C)C[C@@H]1CCO[C@@H]2[C@H](CN[C@@H]2C(=O)N[C@@H]2Cc3ccccc3CCSC3OC2C(O)C(O)C3O)C1. The van der Waals surface area contributed by atoms with Gasteiger partial charge in [-0.25, -0.2) is 0 Å². The zero-order chi connectivity index (χ0) is 26.1. The molecule has 8 nitrogen and oxygen atoms in total. The highest BCUT2D eigenvalue weighted by molar-refractivity contribution is 7.99. The number of carbonyl (C=O) groups is 1. The highest BCUT2D eigenvalue weighted by Crippen LogP contribution is 2.35. The van der Waals surface area contributed by atoms with Crippen LogP contribution in [0.15, 0.2) is 24.3 Å². The number of aryl methyl sites for hydroxylation is 1. The average molecular weight is 535 g/mol. The van der Waals surface area contributed by atoms with Crippen molar-refractivity contribution in [2.75, 3.05) is 18.9 Å². The number of rotatable bonds is 4. The summed E-state index contributed by atoms with van der Waals surface area (Å²) in [6.07, 6.45) is -0.387. The van der Waals surface area contributed by atoms with Crippen molar-refractivity contribution in [2.24, 2.45) is 17.8 Å². The zero-order valence-electron chi connectivity index (χ0n) is 21.8. The second kappa shape index (κ2) is 11.9. The summed E-state index contributed by atoms with van der Waals surface area (Å²) in [4.78, 5) is 13.7. The molecule has 4 aliphatic heterocycles. The molecule has 10 atom stereocenters. The van der Waals surface area contributed by atoms with Crippen LogP contribution in [0.3, 0.4) is 0 Å². The predicted molar refractivity (Wildman–Crippen MR) is 142 cm³/mol. The van der Waals surface area contributed by atoms with E-state index in [9.17, 15) is 20.1 Å². The highest BCUT2D eigenvalue weighted by Gasteiger charge is 2.49. The monoisotopic (exact) mass is 534 g/mol. The molecule has 4 heterocycles. The molecule has 3 fully saturated rings. The molecule has 0 aliphatic carbocycles. The van der Waals surface area contributed by atoms with E-state index in [-0.39, 0.29) is 12.0 Å². The molecule has 5 unspecified atom stereocenters. The minimum Gasteiger partial charge on any atom is -0.388 e. The summed E-state index contributed by atoms with van der Waals surface area (Å²) in [5, 5.41) is 38.7. The lowest BCUT2D eigenvalue weighted by molar-refractivity contribution is -0.205. The summed E-state index contributed by atoms with van der Waals surface area (Å²) in [5.74, 6) is 2.09. The Balaban J connectivity index is 1.35. The van der Waals surface area contributed by atoms with Gasteiger partial charge in [0.15, 0.2) is 0 Å². The van der Waals surface area contributed by atoms with Gasteiger partial charge >= 0.3 is 0 Å². The molecule has 1 aromatic carbocycles. The third kappa shape index (κ3) is 6.03. The lowest BCUT2D eigenvalue weighted by Gasteiger charge is -2.44. The second-order valence-corrected chi connectivity index (χ2v) is 12.9. The van der Waals surface area contributed by atoms with Gasteiger partial charge in [-0.15, -0.1) is 11.8 Å². The molecule has 1 aromatic rings. The van der Waals surface area contributed by atoms with Gasteiger partial charge in [0.1, 0.15) is 35.9 Å².